The minimum atomic E-state index is 0.228. The highest BCUT2D eigenvalue weighted by molar-refractivity contribution is 7.12. The predicted molar refractivity (Wildman–Crippen MR) is 105 cm³/mol. The summed E-state index contributed by atoms with van der Waals surface area (Å²) in [6, 6.07) is 6.20. The Balaban J connectivity index is 1.44. The van der Waals surface area contributed by atoms with Crippen molar-refractivity contribution in [3.63, 3.8) is 0 Å². The third-order valence-electron chi connectivity index (χ3n) is 5.76. The number of amides is 1. The van der Waals surface area contributed by atoms with E-state index in [2.05, 4.69) is 33.2 Å². The van der Waals surface area contributed by atoms with Crippen LogP contribution in [0.3, 0.4) is 0 Å². The lowest BCUT2D eigenvalue weighted by Crippen LogP contribution is -2.53. The summed E-state index contributed by atoms with van der Waals surface area (Å²) in [6.45, 7) is 7.08. The quantitative estimate of drug-likeness (QED) is 0.821. The standard InChI is InChI=1S/C21H27N3OS/c1-17-11-19(26-14-17)20(25)24-10-4-7-21(16-24)6-3-9-23(15-21)13-18-5-2-8-22-12-18/h2,5,8,11-12,14H,3-4,6-7,9-10,13,15-16H2,1H3. The van der Waals surface area contributed by atoms with Crippen molar-refractivity contribution in [3.8, 4) is 0 Å². The molecule has 0 N–H and O–H groups in total. The highest BCUT2D eigenvalue weighted by atomic mass is 32.1. The zero-order valence-electron chi connectivity index (χ0n) is 15.5. The van der Waals surface area contributed by atoms with E-state index in [1.807, 2.05) is 24.5 Å². The third-order valence-corrected chi connectivity index (χ3v) is 6.80. The lowest BCUT2D eigenvalue weighted by Gasteiger charge is -2.48. The van der Waals surface area contributed by atoms with E-state index in [9.17, 15) is 4.79 Å². The molecule has 2 saturated heterocycles. The Labute approximate surface area is 159 Å². The minimum absolute atomic E-state index is 0.228. The number of rotatable bonds is 3. The Hall–Kier alpha value is -1.72. The van der Waals surface area contributed by atoms with Crippen molar-refractivity contribution < 1.29 is 4.79 Å². The molecule has 0 saturated carbocycles. The molecule has 4 heterocycles. The number of carbonyl (C=O) groups is 1. The average Bonchev–Trinajstić information content (AvgIpc) is 3.08. The molecule has 2 aromatic rings. The lowest BCUT2D eigenvalue weighted by atomic mass is 9.73. The number of aromatic nitrogens is 1. The first-order valence-electron chi connectivity index (χ1n) is 9.59. The van der Waals surface area contributed by atoms with E-state index in [1.54, 1.807) is 11.3 Å². The van der Waals surface area contributed by atoms with E-state index in [0.29, 0.717) is 0 Å². The topological polar surface area (TPSA) is 36.4 Å². The number of likely N-dealkylation sites (tertiary alicyclic amines) is 2. The summed E-state index contributed by atoms with van der Waals surface area (Å²) in [4.78, 5) is 22.7. The van der Waals surface area contributed by atoms with Gasteiger partial charge in [-0.3, -0.25) is 14.7 Å². The van der Waals surface area contributed by atoms with E-state index in [0.717, 1.165) is 44.0 Å². The number of carbonyl (C=O) groups excluding carboxylic acids is 1. The van der Waals surface area contributed by atoms with Crippen LogP contribution in [-0.4, -0.2) is 46.9 Å². The van der Waals surface area contributed by atoms with Crippen LogP contribution in [0.5, 0.6) is 0 Å². The summed E-state index contributed by atoms with van der Waals surface area (Å²) in [6.07, 6.45) is 8.63. The van der Waals surface area contributed by atoms with Crippen LogP contribution in [0, 0.1) is 12.3 Å². The van der Waals surface area contributed by atoms with Crippen LogP contribution >= 0.6 is 11.3 Å². The molecular weight excluding hydrogens is 342 g/mol. The van der Waals surface area contributed by atoms with Crippen molar-refractivity contribution in [1.29, 1.82) is 0 Å². The molecule has 1 amide bonds. The van der Waals surface area contributed by atoms with E-state index in [-0.39, 0.29) is 11.3 Å². The van der Waals surface area contributed by atoms with Crippen molar-refractivity contribution in [2.24, 2.45) is 5.41 Å². The average molecular weight is 370 g/mol. The van der Waals surface area contributed by atoms with Crippen LogP contribution < -0.4 is 0 Å². The van der Waals surface area contributed by atoms with Gasteiger partial charge in [-0.05, 0) is 67.8 Å². The first-order valence-corrected chi connectivity index (χ1v) is 10.5. The van der Waals surface area contributed by atoms with Gasteiger partial charge in [0.05, 0.1) is 4.88 Å². The maximum atomic E-state index is 12.9. The molecule has 1 unspecified atom stereocenters. The summed E-state index contributed by atoms with van der Waals surface area (Å²) >= 11 is 1.58. The zero-order valence-corrected chi connectivity index (χ0v) is 16.3. The maximum Gasteiger partial charge on any atom is 0.263 e. The number of thiophene rings is 1. The van der Waals surface area contributed by atoms with E-state index in [4.69, 9.17) is 0 Å². The van der Waals surface area contributed by atoms with Gasteiger partial charge in [-0.1, -0.05) is 6.07 Å². The number of pyridine rings is 1. The van der Waals surface area contributed by atoms with E-state index < -0.39 is 0 Å². The largest absolute Gasteiger partial charge is 0.337 e. The van der Waals surface area contributed by atoms with Gasteiger partial charge in [-0.25, -0.2) is 0 Å². The second kappa shape index (κ2) is 7.49. The summed E-state index contributed by atoms with van der Waals surface area (Å²) in [5.41, 5.74) is 2.73. The van der Waals surface area contributed by atoms with E-state index >= 15 is 0 Å². The number of piperidine rings is 2. The predicted octanol–water partition coefficient (Wildman–Crippen LogP) is 3.97. The molecule has 1 spiro atoms. The molecule has 0 bridgehead atoms. The summed E-state index contributed by atoms with van der Waals surface area (Å²) in [5, 5.41) is 2.07. The van der Waals surface area contributed by atoms with Crippen molar-refractivity contribution in [2.75, 3.05) is 26.2 Å². The highest BCUT2D eigenvalue weighted by Gasteiger charge is 2.40. The summed E-state index contributed by atoms with van der Waals surface area (Å²) in [7, 11) is 0. The molecule has 1 atom stereocenters. The number of hydrogen-bond acceptors (Lipinski definition) is 4. The molecule has 2 aliphatic heterocycles. The molecular formula is C21H27N3OS. The van der Waals surface area contributed by atoms with Crippen molar-refractivity contribution in [1.82, 2.24) is 14.8 Å². The molecule has 138 valence electrons. The fourth-order valence-corrected chi connectivity index (χ4v) is 5.47. The van der Waals surface area contributed by atoms with Crippen LogP contribution in [0.2, 0.25) is 0 Å². The monoisotopic (exact) mass is 369 g/mol. The minimum Gasteiger partial charge on any atom is -0.337 e. The molecule has 0 aromatic carbocycles. The molecule has 5 heteroatoms. The Morgan fingerprint density at radius 3 is 2.85 bits per heavy atom. The second-order valence-electron chi connectivity index (χ2n) is 7.99. The zero-order chi connectivity index (χ0) is 18.0. The van der Waals surface area contributed by atoms with Crippen molar-refractivity contribution in [3.05, 3.63) is 52.0 Å². The number of nitrogens with zero attached hydrogens (tertiary/aromatic N) is 3. The molecule has 0 radical (unpaired) electrons. The van der Waals surface area contributed by atoms with Crippen molar-refractivity contribution >= 4 is 17.2 Å². The fourth-order valence-electron chi connectivity index (χ4n) is 4.61. The van der Waals surface area contributed by atoms with Gasteiger partial charge in [0.1, 0.15) is 0 Å². The van der Waals surface area contributed by atoms with Crippen LogP contribution in [-0.2, 0) is 6.54 Å². The Bertz CT molecular complexity index is 756. The SMILES string of the molecule is Cc1csc(C(=O)N2CCCC3(CCCN(Cc4cccnc4)C3)C2)c1. The molecule has 2 aliphatic rings. The van der Waals surface area contributed by atoms with Gasteiger partial charge in [0, 0.05) is 44.0 Å². The summed E-state index contributed by atoms with van der Waals surface area (Å²) in [5.74, 6) is 0.228. The van der Waals surface area contributed by atoms with Gasteiger partial charge in [-0.2, -0.15) is 0 Å². The Kier molecular flexibility index (Phi) is 5.09. The smallest absolute Gasteiger partial charge is 0.263 e. The van der Waals surface area contributed by atoms with Gasteiger partial charge < -0.3 is 4.90 Å². The number of aryl methyl sites for hydroxylation is 1. The molecule has 2 fully saturated rings. The van der Waals surface area contributed by atoms with Gasteiger partial charge in [0.2, 0.25) is 0 Å². The van der Waals surface area contributed by atoms with Crippen LogP contribution in [0.25, 0.3) is 0 Å². The van der Waals surface area contributed by atoms with Crippen LogP contribution in [0.15, 0.2) is 36.0 Å². The van der Waals surface area contributed by atoms with Gasteiger partial charge in [0.15, 0.2) is 0 Å². The first kappa shape index (κ1) is 17.7. The number of hydrogen-bond donors (Lipinski definition) is 0. The van der Waals surface area contributed by atoms with Gasteiger partial charge in [0.25, 0.3) is 5.91 Å². The molecule has 4 rings (SSSR count). The van der Waals surface area contributed by atoms with Crippen LogP contribution in [0.1, 0.15) is 46.5 Å². The Morgan fingerprint density at radius 1 is 1.27 bits per heavy atom. The first-order chi connectivity index (χ1) is 12.6. The maximum absolute atomic E-state index is 12.9. The molecule has 26 heavy (non-hydrogen) atoms. The third kappa shape index (κ3) is 3.84. The van der Waals surface area contributed by atoms with Crippen molar-refractivity contribution in [2.45, 2.75) is 39.2 Å². The Morgan fingerprint density at radius 2 is 2.12 bits per heavy atom. The normalized spacial score (nSPS) is 24.1. The second-order valence-corrected chi connectivity index (χ2v) is 8.91. The molecule has 4 nitrogen and oxygen atoms in total. The molecule has 2 aromatic heterocycles. The van der Waals surface area contributed by atoms with Crippen LogP contribution in [0.4, 0.5) is 0 Å². The summed E-state index contributed by atoms with van der Waals surface area (Å²) < 4.78 is 0. The fraction of sp³-hybridized carbons (Fsp3) is 0.524. The lowest BCUT2D eigenvalue weighted by molar-refractivity contribution is 0.0115. The van der Waals surface area contributed by atoms with Gasteiger partial charge in [-0.15, -0.1) is 11.3 Å². The van der Waals surface area contributed by atoms with E-state index in [1.165, 1.54) is 30.4 Å². The molecule has 0 aliphatic carbocycles. The van der Waals surface area contributed by atoms with Gasteiger partial charge >= 0.3 is 0 Å². The highest BCUT2D eigenvalue weighted by Crippen LogP contribution is 2.39.